The number of ether oxygens (including phenoxy) is 2. The van der Waals surface area contributed by atoms with Crippen LogP contribution in [0.15, 0.2) is 130 Å². The van der Waals surface area contributed by atoms with E-state index in [1.807, 2.05) is 114 Å². The number of quaternary nitrogens is 4. The van der Waals surface area contributed by atoms with E-state index >= 15 is 0 Å². The Morgan fingerprint density at radius 3 is 1.24 bits per heavy atom. The van der Waals surface area contributed by atoms with E-state index in [2.05, 4.69) is 62.8 Å². The first-order valence-corrected chi connectivity index (χ1v) is 22.4. The Labute approximate surface area is 372 Å². The monoisotopic (exact) mass is 857 g/mol. The standard InChI is InChI=1S/C52H76N4O6/c1-35(21-17-23-37(3)27-29-41-39(5)47(57)45(33-51(41,7)8)61-49(59)43(55)25-13-15-31-53)19-11-12-20-36(2)22-18-24-38(4)28-30-42-40(6)48(58)46(34-52(42,9)10)62-50(60)44(56)26-14-16-32-54/h11-12,17-24,27-30,43-46H,13-16,25-26,31-34,53-56H2,1-10H3/p+4/b12-11+,21-17+,22-18+,29-27+,30-28+,35-19+,36-20+,37-23+,38-24+. The van der Waals surface area contributed by atoms with Gasteiger partial charge in [-0.2, -0.15) is 0 Å². The van der Waals surface area contributed by atoms with Crippen molar-refractivity contribution < 1.29 is 51.6 Å². The van der Waals surface area contributed by atoms with E-state index < -0.39 is 36.2 Å². The first-order chi connectivity index (χ1) is 29.1. The van der Waals surface area contributed by atoms with E-state index in [-0.39, 0.29) is 22.4 Å². The minimum atomic E-state index is -0.785. The van der Waals surface area contributed by atoms with E-state index in [1.54, 1.807) is 0 Å². The summed E-state index contributed by atoms with van der Waals surface area (Å²) in [7, 11) is 0. The third-order valence-electron chi connectivity index (χ3n) is 11.6. The molecule has 62 heavy (non-hydrogen) atoms. The molecule has 0 aliphatic heterocycles. The van der Waals surface area contributed by atoms with Crippen LogP contribution in [0.1, 0.15) is 121 Å². The second kappa shape index (κ2) is 26.0. The summed E-state index contributed by atoms with van der Waals surface area (Å²) in [6.07, 6.45) is 32.6. The van der Waals surface area contributed by atoms with Gasteiger partial charge < -0.3 is 32.4 Å². The van der Waals surface area contributed by atoms with Crippen LogP contribution in [-0.4, -0.2) is 60.9 Å². The van der Waals surface area contributed by atoms with Crippen LogP contribution in [0, 0.1) is 10.8 Å². The van der Waals surface area contributed by atoms with Crippen molar-refractivity contribution in [1.29, 1.82) is 0 Å². The highest BCUT2D eigenvalue weighted by molar-refractivity contribution is 6.02. The van der Waals surface area contributed by atoms with Crippen LogP contribution in [0.3, 0.4) is 0 Å². The van der Waals surface area contributed by atoms with Crippen molar-refractivity contribution in [3.05, 3.63) is 130 Å². The Morgan fingerprint density at radius 2 is 0.903 bits per heavy atom. The predicted molar refractivity (Wildman–Crippen MR) is 249 cm³/mol. The molecule has 10 heteroatoms. The molecule has 340 valence electrons. The smallest absolute Gasteiger partial charge is 0.365 e. The molecule has 0 amide bonds. The van der Waals surface area contributed by atoms with Gasteiger partial charge in [0, 0.05) is 25.7 Å². The molecular weight excluding hydrogens is 777 g/mol. The molecule has 0 radical (unpaired) electrons. The molecule has 0 bridgehead atoms. The second-order valence-corrected chi connectivity index (χ2v) is 18.3. The van der Waals surface area contributed by atoms with Crippen LogP contribution < -0.4 is 22.9 Å². The Kier molecular flexibility index (Phi) is 22.4. The molecule has 2 rings (SSSR count). The average molecular weight is 857 g/mol. The number of hydrogen-bond acceptors (Lipinski definition) is 6. The fourth-order valence-corrected chi connectivity index (χ4v) is 7.60. The average Bonchev–Trinajstić information content (AvgIpc) is 3.20. The molecule has 10 nitrogen and oxygen atoms in total. The molecule has 2 aliphatic rings. The van der Waals surface area contributed by atoms with E-state index in [1.165, 1.54) is 0 Å². The molecule has 0 saturated carbocycles. The molecule has 0 aromatic rings. The molecule has 0 saturated heterocycles. The predicted octanol–water partition coefficient (Wildman–Crippen LogP) is 6.05. The maximum atomic E-state index is 13.2. The summed E-state index contributed by atoms with van der Waals surface area (Å²) in [5.74, 6) is -1.09. The van der Waals surface area contributed by atoms with Crippen molar-refractivity contribution in [2.24, 2.45) is 10.8 Å². The highest BCUT2D eigenvalue weighted by Crippen LogP contribution is 2.42. The van der Waals surface area contributed by atoms with Crippen LogP contribution >= 0.6 is 0 Å². The van der Waals surface area contributed by atoms with Crippen LogP contribution in [-0.2, 0) is 28.7 Å². The van der Waals surface area contributed by atoms with E-state index in [0.717, 1.165) is 72.2 Å². The Balaban J connectivity index is 1.97. The number of allylic oxidation sites excluding steroid dienone is 20. The zero-order chi connectivity index (χ0) is 46.6. The number of rotatable bonds is 22. The number of unbranched alkanes of at least 4 members (excludes halogenated alkanes) is 2. The topological polar surface area (TPSA) is 197 Å². The van der Waals surface area contributed by atoms with Crippen molar-refractivity contribution in [3.8, 4) is 0 Å². The van der Waals surface area contributed by atoms with Gasteiger partial charge in [0.05, 0.1) is 13.1 Å². The zero-order valence-electron chi connectivity index (χ0n) is 39.7. The highest BCUT2D eigenvalue weighted by atomic mass is 16.6. The van der Waals surface area contributed by atoms with Gasteiger partial charge in [0.1, 0.15) is 0 Å². The van der Waals surface area contributed by atoms with Gasteiger partial charge in [-0.25, -0.2) is 9.59 Å². The molecule has 0 aromatic carbocycles. The van der Waals surface area contributed by atoms with Gasteiger partial charge in [-0.3, -0.25) is 9.59 Å². The summed E-state index contributed by atoms with van der Waals surface area (Å²) in [4.78, 5) is 51.8. The Morgan fingerprint density at radius 1 is 0.581 bits per heavy atom. The summed E-state index contributed by atoms with van der Waals surface area (Å²) in [6, 6.07) is -0.965. The van der Waals surface area contributed by atoms with Gasteiger partial charge >= 0.3 is 11.9 Å². The van der Waals surface area contributed by atoms with Crippen molar-refractivity contribution in [2.75, 3.05) is 13.1 Å². The van der Waals surface area contributed by atoms with Gasteiger partial charge in [-0.15, -0.1) is 0 Å². The number of carbonyl (C=O) groups is 4. The molecule has 12 N–H and O–H groups in total. The second-order valence-electron chi connectivity index (χ2n) is 18.3. The summed E-state index contributed by atoms with van der Waals surface area (Å²) < 4.78 is 11.4. The number of carbonyl (C=O) groups excluding carboxylic acids is 4. The number of ketones is 2. The van der Waals surface area contributed by atoms with Gasteiger partial charge in [0.15, 0.2) is 35.9 Å². The van der Waals surface area contributed by atoms with Crippen molar-refractivity contribution >= 4 is 23.5 Å². The molecule has 0 aromatic heterocycles. The quantitative estimate of drug-likeness (QED) is 0.0581. The fourth-order valence-electron chi connectivity index (χ4n) is 7.60. The Bertz CT molecular complexity index is 1810. The van der Waals surface area contributed by atoms with Gasteiger partial charge in [0.25, 0.3) is 0 Å². The molecule has 2 aliphatic carbocycles. The molecule has 0 spiro atoms. The lowest BCUT2D eigenvalue weighted by Gasteiger charge is -2.36. The largest absolute Gasteiger partial charge is 0.450 e. The zero-order valence-corrected chi connectivity index (χ0v) is 39.7. The fraction of sp³-hybridized carbons (Fsp3) is 0.500. The summed E-state index contributed by atoms with van der Waals surface area (Å²) in [5.41, 5.74) is 22.4. The van der Waals surface area contributed by atoms with Crippen molar-refractivity contribution in [3.63, 3.8) is 0 Å². The number of Topliss-reactive ketones (excluding diaryl/α,β-unsaturated/α-hetero) is 2. The number of hydrogen-bond donors (Lipinski definition) is 4. The van der Waals surface area contributed by atoms with Crippen molar-refractivity contribution in [2.45, 2.75) is 145 Å². The minimum absolute atomic E-state index is 0.139. The van der Waals surface area contributed by atoms with Crippen LogP contribution in [0.2, 0.25) is 0 Å². The lowest BCUT2D eigenvalue weighted by molar-refractivity contribution is -0.411. The maximum Gasteiger partial charge on any atom is 0.365 e. The first kappa shape index (κ1) is 53.4. The molecule has 4 atom stereocenters. The molecule has 4 unspecified atom stereocenters. The van der Waals surface area contributed by atoms with Gasteiger partial charge in [0.2, 0.25) is 0 Å². The normalized spacial score (nSPS) is 21.7. The SMILES string of the molecule is CC1=C(/C=C/C(C)=C/C=C/C(C)=C/C=C/C=C(C)/C=C/C=C(C)/C=C/C2=C(C)C(=O)C(OC(=O)C([NH3+])CCCC[NH3+])CC2(C)C)C(C)(C)CC(OC(=O)C([NH3+])CCCC[NH3+])C1=O. The van der Waals surface area contributed by atoms with E-state index in [9.17, 15) is 19.2 Å². The van der Waals surface area contributed by atoms with Crippen LogP contribution in [0.25, 0.3) is 0 Å². The molecular formula is C52H80N4O6+4. The Hall–Kier alpha value is -4.74. The van der Waals surface area contributed by atoms with Crippen LogP contribution in [0.5, 0.6) is 0 Å². The third kappa shape index (κ3) is 17.6. The minimum Gasteiger partial charge on any atom is -0.450 e. The third-order valence-corrected chi connectivity index (χ3v) is 11.6. The summed E-state index contributed by atoms with van der Waals surface area (Å²) in [5, 5.41) is 0. The van der Waals surface area contributed by atoms with E-state index in [4.69, 9.17) is 9.47 Å². The summed E-state index contributed by atoms with van der Waals surface area (Å²) in [6.45, 7) is 21.8. The maximum absolute atomic E-state index is 13.2. The van der Waals surface area contributed by atoms with E-state index in [0.29, 0.717) is 36.8 Å². The van der Waals surface area contributed by atoms with Gasteiger partial charge in [-0.1, -0.05) is 135 Å². The number of esters is 2. The van der Waals surface area contributed by atoms with Gasteiger partial charge in [-0.05, 0) is 100 Å². The lowest BCUT2D eigenvalue weighted by atomic mass is 9.71. The molecule has 0 heterocycles. The highest BCUT2D eigenvalue weighted by Gasteiger charge is 2.42. The lowest BCUT2D eigenvalue weighted by Crippen LogP contribution is -2.66. The van der Waals surface area contributed by atoms with Crippen LogP contribution in [0.4, 0.5) is 0 Å². The molecule has 0 fully saturated rings. The first-order valence-electron chi connectivity index (χ1n) is 22.4. The summed E-state index contributed by atoms with van der Waals surface area (Å²) >= 11 is 0. The van der Waals surface area contributed by atoms with Crippen molar-refractivity contribution in [1.82, 2.24) is 0 Å².